The number of ketones is 1. The summed E-state index contributed by atoms with van der Waals surface area (Å²) in [5.74, 6) is -0.132. The molecule has 1 saturated carbocycles. The number of carbonyl (C=O) groups excluding carboxylic acids is 3. The molecule has 0 heterocycles. The molecule has 2 amide bonds. The zero-order valence-corrected chi connectivity index (χ0v) is 14.5. The van der Waals surface area contributed by atoms with E-state index in [1.165, 1.54) is 33.1 Å². The molecule has 1 aliphatic carbocycles. The van der Waals surface area contributed by atoms with E-state index in [1.807, 2.05) is 0 Å². The van der Waals surface area contributed by atoms with Crippen LogP contribution in [0.15, 0.2) is 24.3 Å². The van der Waals surface area contributed by atoms with Crippen molar-refractivity contribution in [2.45, 2.75) is 58.4 Å². The SMILES string of the molecule is CC(=O)c1ccc(N(CCC(=O)NC2CCCCC2)C(C)=O)cc1. The molecule has 1 aromatic carbocycles. The highest BCUT2D eigenvalue weighted by atomic mass is 16.2. The van der Waals surface area contributed by atoms with Crippen molar-refractivity contribution in [3.8, 4) is 0 Å². The van der Waals surface area contributed by atoms with Crippen molar-refractivity contribution in [3.05, 3.63) is 29.8 Å². The van der Waals surface area contributed by atoms with Gasteiger partial charge in [-0.2, -0.15) is 0 Å². The van der Waals surface area contributed by atoms with E-state index in [2.05, 4.69) is 5.32 Å². The zero-order chi connectivity index (χ0) is 17.5. The Labute approximate surface area is 143 Å². The van der Waals surface area contributed by atoms with Crippen LogP contribution in [0.1, 0.15) is 62.7 Å². The molecule has 0 unspecified atom stereocenters. The summed E-state index contributed by atoms with van der Waals surface area (Å²) in [4.78, 5) is 36.9. The summed E-state index contributed by atoms with van der Waals surface area (Å²) >= 11 is 0. The number of hydrogen-bond acceptors (Lipinski definition) is 3. The second kappa shape index (κ2) is 8.62. The third-order valence-electron chi connectivity index (χ3n) is 4.50. The number of nitrogens with zero attached hydrogens (tertiary/aromatic N) is 1. The number of carbonyl (C=O) groups is 3. The van der Waals surface area contributed by atoms with Crippen LogP contribution in [0.25, 0.3) is 0 Å². The number of Topliss-reactive ketones (excluding diaryl/α,β-unsaturated/α-hetero) is 1. The van der Waals surface area contributed by atoms with Crippen molar-refractivity contribution in [2.24, 2.45) is 0 Å². The maximum Gasteiger partial charge on any atom is 0.223 e. The van der Waals surface area contributed by atoms with Crippen LogP contribution >= 0.6 is 0 Å². The lowest BCUT2D eigenvalue weighted by molar-refractivity contribution is -0.121. The van der Waals surface area contributed by atoms with Crippen molar-refractivity contribution in [3.63, 3.8) is 0 Å². The fourth-order valence-electron chi connectivity index (χ4n) is 3.10. The number of amides is 2. The smallest absolute Gasteiger partial charge is 0.223 e. The minimum Gasteiger partial charge on any atom is -0.353 e. The Morgan fingerprint density at radius 3 is 2.21 bits per heavy atom. The van der Waals surface area contributed by atoms with Gasteiger partial charge in [0.1, 0.15) is 0 Å². The van der Waals surface area contributed by atoms with E-state index < -0.39 is 0 Å². The lowest BCUT2D eigenvalue weighted by Crippen LogP contribution is -2.39. The highest BCUT2D eigenvalue weighted by Crippen LogP contribution is 2.18. The van der Waals surface area contributed by atoms with Gasteiger partial charge in [0.25, 0.3) is 0 Å². The number of benzene rings is 1. The predicted molar refractivity (Wildman–Crippen MR) is 94.1 cm³/mol. The monoisotopic (exact) mass is 330 g/mol. The van der Waals surface area contributed by atoms with E-state index in [4.69, 9.17) is 0 Å². The molecule has 0 aromatic heterocycles. The third kappa shape index (κ3) is 5.18. The first-order valence-electron chi connectivity index (χ1n) is 8.66. The van der Waals surface area contributed by atoms with Gasteiger partial charge in [-0.3, -0.25) is 14.4 Å². The summed E-state index contributed by atoms with van der Waals surface area (Å²) in [6.07, 6.45) is 5.98. The highest BCUT2D eigenvalue weighted by Gasteiger charge is 2.18. The molecule has 0 bridgehead atoms. The molecule has 0 radical (unpaired) electrons. The molecule has 0 saturated heterocycles. The minimum atomic E-state index is -0.115. The van der Waals surface area contributed by atoms with Crippen LogP contribution in [0.2, 0.25) is 0 Å². The lowest BCUT2D eigenvalue weighted by atomic mass is 9.95. The maximum absolute atomic E-state index is 12.1. The minimum absolute atomic E-state index is 0.00601. The van der Waals surface area contributed by atoms with E-state index in [0.29, 0.717) is 17.8 Å². The van der Waals surface area contributed by atoms with Crippen LogP contribution < -0.4 is 10.2 Å². The van der Waals surface area contributed by atoms with Crippen molar-refractivity contribution in [1.29, 1.82) is 0 Å². The second-order valence-corrected chi connectivity index (χ2v) is 6.43. The Hall–Kier alpha value is -2.17. The topological polar surface area (TPSA) is 66.5 Å². The molecule has 1 aromatic rings. The number of hydrogen-bond donors (Lipinski definition) is 1. The number of rotatable bonds is 6. The predicted octanol–water partition coefficient (Wildman–Crippen LogP) is 3.08. The molecule has 0 aliphatic heterocycles. The largest absolute Gasteiger partial charge is 0.353 e. The Balaban J connectivity index is 1.92. The second-order valence-electron chi connectivity index (χ2n) is 6.43. The quantitative estimate of drug-likeness (QED) is 0.815. The van der Waals surface area contributed by atoms with Gasteiger partial charge in [0.2, 0.25) is 11.8 Å². The van der Waals surface area contributed by atoms with Gasteiger partial charge in [-0.1, -0.05) is 19.3 Å². The van der Waals surface area contributed by atoms with E-state index in [1.54, 1.807) is 29.2 Å². The summed E-state index contributed by atoms with van der Waals surface area (Å²) < 4.78 is 0. The number of anilines is 1. The summed E-state index contributed by atoms with van der Waals surface area (Å²) in [5, 5.41) is 3.07. The molecule has 2 rings (SSSR count). The Bertz CT molecular complexity index is 589. The van der Waals surface area contributed by atoms with Crippen LogP contribution in [0.3, 0.4) is 0 Å². The standard InChI is InChI=1S/C19H26N2O3/c1-14(22)16-8-10-18(11-9-16)21(15(2)23)13-12-19(24)20-17-6-4-3-5-7-17/h8-11,17H,3-7,12-13H2,1-2H3,(H,20,24). The van der Waals surface area contributed by atoms with Crippen LogP contribution in [-0.2, 0) is 9.59 Å². The summed E-state index contributed by atoms with van der Waals surface area (Å²) in [6, 6.07) is 7.19. The molecule has 1 N–H and O–H groups in total. The van der Waals surface area contributed by atoms with Gasteiger partial charge >= 0.3 is 0 Å². The van der Waals surface area contributed by atoms with E-state index in [0.717, 1.165) is 12.8 Å². The van der Waals surface area contributed by atoms with Crippen molar-refractivity contribution in [2.75, 3.05) is 11.4 Å². The Morgan fingerprint density at radius 2 is 1.67 bits per heavy atom. The molecule has 130 valence electrons. The van der Waals surface area contributed by atoms with E-state index in [9.17, 15) is 14.4 Å². The van der Waals surface area contributed by atoms with Gasteiger partial charge in [0.15, 0.2) is 5.78 Å². The molecular weight excluding hydrogens is 304 g/mol. The average Bonchev–Trinajstić information content (AvgIpc) is 2.56. The van der Waals surface area contributed by atoms with Crippen molar-refractivity contribution in [1.82, 2.24) is 5.32 Å². The molecule has 24 heavy (non-hydrogen) atoms. The molecule has 1 fully saturated rings. The summed E-state index contributed by atoms with van der Waals surface area (Å²) in [5.41, 5.74) is 1.32. The molecule has 1 aliphatic rings. The lowest BCUT2D eigenvalue weighted by Gasteiger charge is -2.24. The van der Waals surface area contributed by atoms with Crippen molar-refractivity contribution >= 4 is 23.3 Å². The van der Waals surface area contributed by atoms with Crippen molar-refractivity contribution < 1.29 is 14.4 Å². The maximum atomic E-state index is 12.1. The Kier molecular flexibility index (Phi) is 6.53. The fourth-order valence-corrected chi connectivity index (χ4v) is 3.10. The van der Waals surface area contributed by atoms with Crippen LogP contribution in [-0.4, -0.2) is 30.2 Å². The normalized spacial score (nSPS) is 14.9. The third-order valence-corrected chi connectivity index (χ3v) is 4.50. The van der Waals surface area contributed by atoms with Gasteiger partial charge in [0, 0.05) is 37.2 Å². The highest BCUT2D eigenvalue weighted by molar-refractivity contribution is 5.96. The number of nitrogens with one attached hydrogen (secondary N) is 1. The summed E-state index contributed by atoms with van der Waals surface area (Å²) in [6.45, 7) is 3.33. The first-order chi connectivity index (χ1) is 11.5. The molecule has 5 nitrogen and oxygen atoms in total. The van der Waals surface area contributed by atoms with Crippen LogP contribution in [0.5, 0.6) is 0 Å². The molecular formula is C19H26N2O3. The zero-order valence-electron chi connectivity index (χ0n) is 14.5. The van der Waals surface area contributed by atoms with E-state index >= 15 is 0 Å². The van der Waals surface area contributed by atoms with Gasteiger partial charge in [-0.05, 0) is 44.0 Å². The van der Waals surface area contributed by atoms with Crippen LogP contribution in [0, 0.1) is 0 Å². The fraction of sp³-hybridized carbons (Fsp3) is 0.526. The van der Waals surface area contributed by atoms with Crippen LogP contribution in [0.4, 0.5) is 5.69 Å². The molecule has 0 spiro atoms. The van der Waals surface area contributed by atoms with Gasteiger partial charge in [0.05, 0.1) is 0 Å². The van der Waals surface area contributed by atoms with Gasteiger partial charge in [-0.15, -0.1) is 0 Å². The average molecular weight is 330 g/mol. The summed E-state index contributed by atoms with van der Waals surface area (Å²) in [7, 11) is 0. The molecule has 0 atom stereocenters. The molecule has 5 heteroatoms. The first-order valence-corrected chi connectivity index (χ1v) is 8.66. The first kappa shape index (κ1) is 18.2. The Morgan fingerprint density at radius 1 is 1.04 bits per heavy atom. The van der Waals surface area contributed by atoms with E-state index in [-0.39, 0.29) is 30.1 Å². The van der Waals surface area contributed by atoms with Gasteiger partial charge < -0.3 is 10.2 Å². The van der Waals surface area contributed by atoms with Gasteiger partial charge in [-0.25, -0.2) is 0 Å².